The van der Waals surface area contributed by atoms with Crippen LogP contribution in [0, 0.1) is 6.92 Å². The largest absolute Gasteiger partial charge is 0.503 e. The smallest absolute Gasteiger partial charge is 0.458 e. The van der Waals surface area contributed by atoms with Gasteiger partial charge in [-0.25, -0.2) is 9.59 Å². The first-order valence-electron chi connectivity index (χ1n) is 7.80. The fraction of sp³-hybridized carbons (Fsp3) is 0.529. The Balaban J connectivity index is 2.69. The number of nitrogens with zero attached hydrogens (tertiary/aromatic N) is 2. The third kappa shape index (κ3) is 6.62. The highest BCUT2D eigenvalue weighted by molar-refractivity contribution is 6.60. The Morgan fingerprint density at radius 1 is 0.958 bits per heavy atom. The van der Waals surface area contributed by atoms with Crippen molar-refractivity contribution in [3.63, 3.8) is 0 Å². The summed E-state index contributed by atoms with van der Waals surface area (Å²) in [4.78, 5) is 23.5. The van der Waals surface area contributed by atoms with Crippen LogP contribution in [0.25, 0.3) is 0 Å². The fourth-order valence-corrected chi connectivity index (χ4v) is 6.21. The van der Waals surface area contributed by atoms with Crippen LogP contribution in [0.3, 0.4) is 0 Å². The molecule has 0 atom stereocenters. The van der Waals surface area contributed by atoms with Crippen LogP contribution in [-0.4, -0.2) is 21.2 Å². The Labute approximate surface area is 145 Å². The van der Waals surface area contributed by atoms with Gasteiger partial charge in [0.05, 0.1) is 0 Å². The highest BCUT2D eigenvalue weighted by Crippen LogP contribution is 2.42. The van der Waals surface area contributed by atoms with Crippen LogP contribution >= 0.6 is 0 Å². The summed E-state index contributed by atoms with van der Waals surface area (Å²) in [5, 5.41) is 6.34. The third-order valence-corrected chi connectivity index (χ3v) is 6.78. The Hall–Kier alpha value is -2.02. The van der Waals surface area contributed by atoms with Crippen molar-refractivity contribution >= 4 is 21.2 Å². The molecule has 1 rings (SSSR count). The number of benzene rings is 1. The van der Waals surface area contributed by atoms with Gasteiger partial charge in [-0.15, -0.1) is 0 Å². The van der Waals surface area contributed by atoms with Gasteiger partial charge in [-0.2, -0.15) is 0 Å². The number of amides is 2. The zero-order chi connectivity index (χ0) is 18.5. The van der Waals surface area contributed by atoms with Crippen LogP contribution in [0.5, 0.6) is 5.75 Å². The molecular formula is C17H26N2O4Si. The number of ether oxygens (including phenoxy) is 1. The standard InChI is InChI=1S/C17H26N2O4Si/c1-12-9-8-10-13(11-12)22-14(20)18-19-15(21)23-24(16(2,3)4)17(5,6)7/h8-11,24H,1-7H3. The Morgan fingerprint density at radius 3 is 2.00 bits per heavy atom. The second-order valence-electron chi connectivity index (χ2n) is 7.88. The molecule has 1 aromatic rings. The zero-order valence-corrected chi connectivity index (χ0v) is 16.6. The van der Waals surface area contributed by atoms with E-state index in [0.29, 0.717) is 5.75 Å². The maximum absolute atomic E-state index is 11.9. The molecule has 7 heteroatoms. The van der Waals surface area contributed by atoms with Gasteiger partial charge in [0.2, 0.25) is 0 Å². The van der Waals surface area contributed by atoms with E-state index in [2.05, 4.69) is 10.2 Å². The average Bonchev–Trinajstić information content (AvgIpc) is 2.40. The molecule has 0 heterocycles. The van der Waals surface area contributed by atoms with Gasteiger partial charge >= 0.3 is 12.2 Å². The van der Waals surface area contributed by atoms with Crippen molar-refractivity contribution in [3.8, 4) is 5.75 Å². The van der Waals surface area contributed by atoms with Crippen LogP contribution in [0.4, 0.5) is 9.59 Å². The molecular weight excluding hydrogens is 324 g/mol. The molecule has 0 radical (unpaired) electrons. The van der Waals surface area contributed by atoms with Gasteiger partial charge in [0.1, 0.15) is 5.75 Å². The first kappa shape index (κ1) is 20.0. The maximum Gasteiger partial charge on any atom is 0.458 e. The van der Waals surface area contributed by atoms with Crippen LogP contribution in [0.15, 0.2) is 34.5 Å². The Morgan fingerprint density at radius 2 is 1.50 bits per heavy atom. The van der Waals surface area contributed by atoms with E-state index >= 15 is 0 Å². The fourth-order valence-electron chi connectivity index (χ4n) is 2.66. The van der Waals surface area contributed by atoms with E-state index in [9.17, 15) is 9.59 Å². The second-order valence-corrected chi connectivity index (χ2v) is 12.3. The summed E-state index contributed by atoms with van der Waals surface area (Å²) in [7, 11) is -1.96. The van der Waals surface area contributed by atoms with Crippen molar-refractivity contribution in [3.05, 3.63) is 29.8 Å². The molecule has 0 aromatic heterocycles. The average molecular weight is 350 g/mol. The van der Waals surface area contributed by atoms with E-state index in [4.69, 9.17) is 9.16 Å². The summed E-state index contributed by atoms with van der Waals surface area (Å²) in [6.45, 7) is 14.1. The molecule has 0 saturated heterocycles. The highest BCUT2D eigenvalue weighted by atomic mass is 28.3. The van der Waals surface area contributed by atoms with E-state index in [0.717, 1.165) is 5.56 Å². The van der Waals surface area contributed by atoms with Gasteiger partial charge in [0.25, 0.3) is 9.04 Å². The summed E-state index contributed by atoms with van der Waals surface area (Å²) >= 11 is 0. The molecule has 0 fully saturated rings. The number of carbonyl (C=O) groups excluding carboxylic acids is 2. The highest BCUT2D eigenvalue weighted by Gasteiger charge is 2.41. The van der Waals surface area contributed by atoms with Gasteiger partial charge in [-0.1, -0.05) is 63.9 Å². The number of hydrogen-bond acceptors (Lipinski definition) is 4. The molecule has 0 aliphatic heterocycles. The lowest BCUT2D eigenvalue weighted by Crippen LogP contribution is -2.39. The number of rotatable bonds is 2. The normalized spacial score (nSPS) is 12.5. The number of carbonyl (C=O) groups is 2. The molecule has 2 amide bonds. The minimum absolute atomic E-state index is 0.133. The lowest BCUT2D eigenvalue weighted by molar-refractivity contribution is 0.197. The van der Waals surface area contributed by atoms with Crippen LogP contribution < -0.4 is 4.74 Å². The van der Waals surface area contributed by atoms with E-state index < -0.39 is 21.2 Å². The second kappa shape index (κ2) is 7.70. The van der Waals surface area contributed by atoms with E-state index in [1.165, 1.54) is 0 Å². The van der Waals surface area contributed by atoms with Crippen LogP contribution in [0.2, 0.25) is 10.1 Å². The van der Waals surface area contributed by atoms with Gasteiger partial charge in [0, 0.05) is 0 Å². The number of aryl methyl sites for hydroxylation is 1. The molecule has 6 nitrogen and oxygen atoms in total. The summed E-state index contributed by atoms with van der Waals surface area (Å²) < 4.78 is 10.5. The van der Waals surface area contributed by atoms with Crippen molar-refractivity contribution in [2.75, 3.05) is 0 Å². The van der Waals surface area contributed by atoms with Crippen molar-refractivity contribution in [1.29, 1.82) is 0 Å². The lowest BCUT2D eigenvalue weighted by Gasteiger charge is -2.36. The first-order valence-corrected chi connectivity index (χ1v) is 9.43. The minimum Gasteiger partial charge on any atom is -0.503 e. The molecule has 24 heavy (non-hydrogen) atoms. The van der Waals surface area contributed by atoms with Gasteiger partial charge in [-0.05, 0) is 34.7 Å². The topological polar surface area (TPSA) is 77.3 Å². The summed E-state index contributed by atoms with van der Waals surface area (Å²) in [5.41, 5.74) is 0.945. The zero-order valence-electron chi connectivity index (χ0n) is 15.4. The Kier molecular flexibility index (Phi) is 6.42. The van der Waals surface area contributed by atoms with Crippen LogP contribution in [-0.2, 0) is 4.43 Å². The van der Waals surface area contributed by atoms with E-state index in [1.807, 2.05) is 54.5 Å². The van der Waals surface area contributed by atoms with Crippen molar-refractivity contribution in [2.24, 2.45) is 10.2 Å². The molecule has 0 spiro atoms. The Bertz CT molecular complexity index is 616. The molecule has 0 bridgehead atoms. The molecule has 132 valence electrons. The predicted octanol–water partition coefficient (Wildman–Crippen LogP) is 5.41. The molecule has 1 aromatic carbocycles. The molecule has 0 N–H and O–H groups in total. The summed E-state index contributed by atoms with van der Waals surface area (Å²) in [6, 6.07) is 6.95. The molecule has 0 saturated carbocycles. The predicted molar refractivity (Wildman–Crippen MR) is 95.1 cm³/mol. The SMILES string of the molecule is Cc1cccc(OC(=O)N=NC(=O)O[SiH](C(C)(C)C)C(C)(C)C)c1. The maximum atomic E-state index is 11.9. The summed E-state index contributed by atoms with van der Waals surface area (Å²) in [6.07, 6.45) is -1.81. The number of hydrogen-bond donors (Lipinski definition) is 0. The van der Waals surface area contributed by atoms with Crippen molar-refractivity contribution in [2.45, 2.75) is 58.5 Å². The minimum atomic E-state index is -1.96. The lowest BCUT2D eigenvalue weighted by atomic mass is 10.2. The van der Waals surface area contributed by atoms with Crippen LogP contribution in [0.1, 0.15) is 47.1 Å². The summed E-state index contributed by atoms with van der Waals surface area (Å²) in [5.74, 6) is 0.351. The first-order chi connectivity index (χ1) is 10.9. The number of azo groups is 1. The van der Waals surface area contributed by atoms with Gasteiger partial charge in [0.15, 0.2) is 0 Å². The molecule has 0 unspecified atom stereocenters. The van der Waals surface area contributed by atoms with Gasteiger partial charge in [-0.3, -0.25) is 0 Å². The quantitative estimate of drug-likeness (QED) is 0.528. The molecule has 0 aliphatic rings. The van der Waals surface area contributed by atoms with Crippen molar-refractivity contribution < 1.29 is 18.8 Å². The third-order valence-electron chi connectivity index (χ3n) is 3.20. The van der Waals surface area contributed by atoms with E-state index in [-0.39, 0.29) is 10.1 Å². The van der Waals surface area contributed by atoms with Crippen molar-refractivity contribution in [1.82, 2.24) is 0 Å². The van der Waals surface area contributed by atoms with E-state index in [1.54, 1.807) is 18.2 Å². The van der Waals surface area contributed by atoms with Gasteiger partial charge < -0.3 is 9.16 Å². The monoisotopic (exact) mass is 350 g/mol. The molecule has 0 aliphatic carbocycles.